The van der Waals surface area contributed by atoms with Crippen molar-refractivity contribution in [3.63, 3.8) is 0 Å². The standard InChI is InChI=1S/C13H20ClN5S/c1-6-19-10(8(14)7-16-19)9(15-5)11-12(13(2,3)4)17-18-20-11/h7,9,15H,6H2,1-5H3. The highest BCUT2D eigenvalue weighted by molar-refractivity contribution is 7.05. The van der Waals surface area contributed by atoms with Gasteiger partial charge in [0, 0.05) is 12.0 Å². The number of nitrogens with one attached hydrogen (secondary N) is 1. The lowest BCUT2D eigenvalue weighted by molar-refractivity contribution is 0.531. The predicted molar refractivity (Wildman–Crippen MR) is 82.4 cm³/mol. The van der Waals surface area contributed by atoms with Crippen molar-refractivity contribution in [2.24, 2.45) is 0 Å². The second-order valence-electron chi connectivity index (χ2n) is 5.65. The molecule has 0 amide bonds. The monoisotopic (exact) mass is 313 g/mol. The Kier molecular flexibility index (Phi) is 4.46. The molecule has 0 spiro atoms. The average molecular weight is 314 g/mol. The Hall–Kier alpha value is -0.980. The molecule has 0 aliphatic rings. The van der Waals surface area contributed by atoms with E-state index in [2.05, 4.69) is 47.7 Å². The van der Waals surface area contributed by atoms with Gasteiger partial charge in [0.25, 0.3) is 0 Å². The molecule has 1 N–H and O–H groups in total. The van der Waals surface area contributed by atoms with E-state index < -0.39 is 0 Å². The summed E-state index contributed by atoms with van der Waals surface area (Å²) in [7, 11) is 1.92. The molecule has 1 atom stereocenters. The quantitative estimate of drug-likeness (QED) is 0.942. The van der Waals surface area contributed by atoms with Crippen LogP contribution in [0.25, 0.3) is 0 Å². The fraction of sp³-hybridized carbons (Fsp3) is 0.615. The maximum absolute atomic E-state index is 6.32. The Labute approximate surface area is 128 Å². The number of rotatable bonds is 4. The molecule has 0 radical (unpaired) electrons. The van der Waals surface area contributed by atoms with Crippen molar-refractivity contribution < 1.29 is 0 Å². The van der Waals surface area contributed by atoms with E-state index in [1.165, 1.54) is 11.5 Å². The largest absolute Gasteiger partial charge is 0.307 e. The first-order valence-electron chi connectivity index (χ1n) is 6.61. The Balaban J connectivity index is 2.54. The van der Waals surface area contributed by atoms with Gasteiger partial charge in [-0.2, -0.15) is 5.10 Å². The van der Waals surface area contributed by atoms with Crippen LogP contribution in [0.5, 0.6) is 0 Å². The first-order chi connectivity index (χ1) is 9.40. The molecule has 110 valence electrons. The normalized spacial score (nSPS) is 13.7. The molecule has 1 unspecified atom stereocenters. The van der Waals surface area contributed by atoms with E-state index in [4.69, 9.17) is 11.6 Å². The predicted octanol–water partition coefficient (Wildman–Crippen LogP) is 3.01. The summed E-state index contributed by atoms with van der Waals surface area (Å²) in [6.07, 6.45) is 1.69. The summed E-state index contributed by atoms with van der Waals surface area (Å²) in [6, 6.07) is -0.0424. The van der Waals surface area contributed by atoms with Crippen molar-refractivity contribution in [2.75, 3.05) is 7.05 Å². The Morgan fingerprint density at radius 3 is 2.70 bits per heavy atom. The zero-order chi connectivity index (χ0) is 14.9. The van der Waals surface area contributed by atoms with Gasteiger partial charge in [-0.25, -0.2) is 0 Å². The highest BCUT2D eigenvalue weighted by atomic mass is 35.5. The number of hydrogen-bond donors (Lipinski definition) is 1. The second kappa shape index (κ2) is 5.79. The minimum absolute atomic E-state index is 0.0424. The number of halogens is 1. The molecule has 0 aliphatic carbocycles. The van der Waals surface area contributed by atoms with E-state index in [1.54, 1.807) is 6.20 Å². The third-order valence-electron chi connectivity index (χ3n) is 3.18. The lowest BCUT2D eigenvalue weighted by atomic mass is 9.89. The van der Waals surface area contributed by atoms with E-state index in [0.29, 0.717) is 5.02 Å². The highest BCUT2D eigenvalue weighted by Gasteiger charge is 2.30. The molecular weight excluding hydrogens is 294 g/mol. The summed E-state index contributed by atoms with van der Waals surface area (Å²) in [5.74, 6) is 0. The van der Waals surface area contributed by atoms with E-state index >= 15 is 0 Å². The van der Waals surface area contributed by atoms with Crippen molar-refractivity contribution in [3.05, 3.63) is 27.5 Å². The van der Waals surface area contributed by atoms with E-state index in [1.807, 2.05) is 11.7 Å². The van der Waals surface area contributed by atoms with Crippen LogP contribution >= 0.6 is 23.1 Å². The summed E-state index contributed by atoms with van der Waals surface area (Å²) in [5.41, 5.74) is 1.91. The van der Waals surface area contributed by atoms with Crippen LogP contribution in [-0.2, 0) is 12.0 Å². The van der Waals surface area contributed by atoms with Crippen molar-refractivity contribution in [2.45, 2.75) is 45.7 Å². The minimum atomic E-state index is -0.0546. The van der Waals surface area contributed by atoms with Gasteiger partial charge in [-0.1, -0.05) is 36.9 Å². The topological polar surface area (TPSA) is 55.6 Å². The lowest BCUT2D eigenvalue weighted by Gasteiger charge is -2.22. The number of hydrogen-bond acceptors (Lipinski definition) is 5. The molecule has 5 nitrogen and oxygen atoms in total. The van der Waals surface area contributed by atoms with Crippen LogP contribution in [0.1, 0.15) is 50.0 Å². The van der Waals surface area contributed by atoms with Crippen LogP contribution in [0, 0.1) is 0 Å². The molecule has 7 heteroatoms. The summed E-state index contributed by atoms with van der Waals surface area (Å²) in [5, 5.41) is 12.6. The summed E-state index contributed by atoms with van der Waals surface area (Å²) in [6.45, 7) is 9.24. The van der Waals surface area contributed by atoms with E-state index in [-0.39, 0.29) is 11.5 Å². The fourth-order valence-electron chi connectivity index (χ4n) is 2.21. The first kappa shape index (κ1) is 15.4. The highest BCUT2D eigenvalue weighted by Crippen LogP contribution is 2.35. The number of nitrogens with zero attached hydrogens (tertiary/aromatic N) is 4. The third kappa shape index (κ3) is 2.73. The Morgan fingerprint density at radius 1 is 1.45 bits per heavy atom. The van der Waals surface area contributed by atoms with Crippen LogP contribution < -0.4 is 5.32 Å². The molecule has 2 rings (SSSR count). The maximum Gasteiger partial charge on any atom is 0.0890 e. The third-order valence-corrected chi connectivity index (χ3v) is 4.26. The Bertz CT molecular complexity index is 584. The van der Waals surface area contributed by atoms with Crippen LogP contribution in [0.3, 0.4) is 0 Å². The van der Waals surface area contributed by atoms with Crippen LogP contribution in [-0.4, -0.2) is 26.4 Å². The molecule has 20 heavy (non-hydrogen) atoms. The molecule has 0 aliphatic heterocycles. The fourth-order valence-corrected chi connectivity index (χ4v) is 3.44. The second-order valence-corrected chi connectivity index (χ2v) is 6.84. The van der Waals surface area contributed by atoms with Crippen molar-refractivity contribution in [3.8, 4) is 0 Å². The molecule has 0 fully saturated rings. The van der Waals surface area contributed by atoms with Crippen LogP contribution in [0.4, 0.5) is 0 Å². The van der Waals surface area contributed by atoms with E-state index in [0.717, 1.165) is 22.8 Å². The SMILES string of the molecule is CCn1ncc(Cl)c1C(NC)c1snnc1C(C)(C)C. The van der Waals surface area contributed by atoms with Crippen LogP contribution in [0.2, 0.25) is 5.02 Å². The molecule has 2 aromatic heterocycles. The molecular formula is C13H20ClN5S. The summed E-state index contributed by atoms with van der Waals surface area (Å²) in [4.78, 5) is 1.09. The lowest BCUT2D eigenvalue weighted by Crippen LogP contribution is -2.25. The molecule has 2 aromatic rings. The molecule has 2 heterocycles. The molecule has 0 saturated carbocycles. The molecule has 0 saturated heterocycles. The number of aryl methyl sites for hydroxylation is 1. The van der Waals surface area contributed by atoms with Crippen molar-refractivity contribution >= 4 is 23.1 Å². The smallest absolute Gasteiger partial charge is 0.0890 e. The van der Waals surface area contributed by atoms with Gasteiger partial charge in [0.2, 0.25) is 0 Å². The van der Waals surface area contributed by atoms with Gasteiger partial charge in [0.05, 0.1) is 33.5 Å². The van der Waals surface area contributed by atoms with Gasteiger partial charge >= 0.3 is 0 Å². The average Bonchev–Trinajstić information content (AvgIpc) is 2.98. The summed E-state index contributed by atoms with van der Waals surface area (Å²) >= 11 is 7.73. The summed E-state index contributed by atoms with van der Waals surface area (Å²) < 4.78 is 6.04. The molecule has 0 bridgehead atoms. The van der Waals surface area contributed by atoms with E-state index in [9.17, 15) is 0 Å². The Morgan fingerprint density at radius 2 is 2.15 bits per heavy atom. The minimum Gasteiger partial charge on any atom is -0.307 e. The number of aromatic nitrogens is 4. The zero-order valence-electron chi connectivity index (χ0n) is 12.4. The maximum atomic E-state index is 6.32. The van der Waals surface area contributed by atoms with Gasteiger partial charge in [-0.05, 0) is 25.5 Å². The van der Waals surface area contributed by atoms with Crippen molar-refractivity contribution in [1.82, 2.24) is 24.7 Å². The van der Waals surface area contributed by atoms with Crippen LogP contribution in [0.15, 0.2) is 6.20 Å². The van der Waals surface area contributed by atoms with Gasteiger partial charge in [-0.15, -0.1) is 5.10 Å². The van der Waals surface area contributed by atoms with Crippen molar-refractivity contribution in [1.29, 1.82) is 0 Å². The first-order valence-corrected chi connectivity index (χ1v) is 7.76. The van der Waals surface area contributed by atoms with Gasteiger partial charge in [0.15, 0.2) is 0 Å². The van der Waals surface area contributed by atoms with Gasteiger partial charge in [0.1, 0.15) is 0 Å². The van der Waals surface area contributed by atoms with Gasteiger partial charge in [-0.3, -0.25) is 4.68 Å². The zero-order valence-corrected chi connectivity index (χ0v) is 14.0. The van der Waals surface area contributed by atoms with Gasteiger partial charge < -0.3 is 5.32 Å². The molecule has 0 aromatic carbocycles.